The minimum absolute atomic E-state index is 0.488. The number of aliphatic carboxylic acids is 1. The number of carbonyl (C=O) groups is 1. The SMILES string of the molecule is CN1C2CCC1CC(N1CCCC1(C)C(=O)O)C2. The van der Waals surface area contributed by atoms with Crippen LogP contribution in [0.2, 0.25) is 0 Å². The quantitative estimate of drug-likeness (QED) is 0.810. The average Bonchev–Trinajstić information content (AvgIpc) is 2.79. The Balaban J connectivity index is 1.78. The van der Waals surface area contributed by atoms with Crippen molar-refractivity contribution in [3.05, 3.63) is 0 Å². The van der Waals surface area contributed by atoms with Crippen LogP contribution in [0.15, 0.2) is 0 Å². The van der Waals surface area contributed by atoms with Crippen LogP contribution in [0, 0.1) is 0 Å². The summed E-state index contributed by atoms with van der Waals surface area (Å²) in [6.07, 6.45) is 6.77. The zero-order valence-corrected chi connectivity index (χ0v) is 11.4. The van der Waals surface area contributed by atoms with Crippen LogP contribution in [0.5, 0.6) is 0 Å². The second-order valence-corrected chi connectivity index (χ2v) is 6.55. The summed E-state index contributed by atoms with van der Waals surface area (Å²) in [6, 6.07) is 1.86. The summed E-state index contributed by atoms with van der Waals surface area (Å²) in [5.74, 6) is -0.633. The molecule has 3 unspecified atom stereocenters. The Labute approximate surface area is 109 Å². The van der Waals surface area contributed by atoms with Crippen molar-refractivity contribution in [2.45, 2.75) is 69.1 Å². The summed E-state index contributed by atoms with van der Waals surface area (Å²) >= 11 is 0. The van der Waals surface area contributed by atoms with Crippen LogP contribution in [-0.2, 0) is 4.79 Å². The van der Waals surface area contributed by atoms with Gasteiger partial charge in [-0.05, 0) is 59.0 Å². The van der Waals surface area contributed by atoms with Gasteiger partial charge in [0.25, 0.3) is 0 Å². The first-order valence-electron chi connectivity index (χ1n) is 7.24. The predicted octanol–water partition coefficient (Wildman–Crippen LogP) is 1.55. The molecule has 2 bridgehead atoms. The standard InChI is InChI=1S/C14H24N2O2/c1-14(13(17)18)6-3-7-16(14)12-8-10-4-5-11(9-12)15(10)2/h10-12H,3-9H2,1-2H3,(H,17,18). The van der Waals surface area contributed by atoms with E-state index in [1.807, 2.05) is 6.92 Å². The zero-order valence-electron chi connectivity index (χ0n) is 11.4. The largest absolute Gasteiger partial charge is 0.480 e. The maximum absolute atomic E-state index is 11.6. The number of carboxylic acid groups (broad SMARTS) is 1. The number of hydrogen-bond acceptors (Lipinski definition) is 3. The normalized spacial score (nSPS) is 45.6. The molecule has 3 fully saturated rings. The van der Waals surface area contributed by atoms with E-state index in [0.29, 0.717) is 18.1 Å². The number of likely N-dealkylation sites (tertiary alicyclic amines) is 1. The third-order valence-corrected chi connectivity index (χ3v) is 5.67. The second-order valence-electron chi connectivity index (χ2n) is 6.55. The molecule has 3 aliphatic rings. The number of nitrogens with zero attached hydrogens (tertiary/aromatic N) is 2. The van der Waals surface area contributed by atoms with Crippen LogP contribution in [-0.4, -0.2) is 58.1 Å². The lowest BCUT2D eigenvalue weighted by Crippen LogP contribution is -2.57. The Hall–Kier alpha value is -0.610. The Morgan fingerprint density at radius 1 is 1.22 bits per heavy atom. The first kappa shape index (κ1) is 12.4. The van der Waals surface area contributed by atoms with Gasteiger partial charge >= 0.3 is 5.97 Å². The van der Waals surface area contributed by atoms with Crippen LogP contribution < -0.4 is 0 Å². The topological polar surface area (TPSA) is 43.8 Å². The summed E-state index contributed by atoms with van der Waals surface area (Å²) in [5, 5.41) is 9.52. The van der Waals surface area contributed by atoms with E-state index >= 15 is 0 Å². The lowest BCUT2D eigenvalue weighted by Gasteiger charge is -2.44. The summed E-state index contributed by atoms with van der Waals surface area (Å²) in [5.41, 5.74) is -0.611. The molecule has 18 heavy (non-hydrogen) atoms. The maximum Gasteiger partial charge on any atom is 0.323 e. The molecule has 0 aromatic rings. The number of carboxylic acids is 1. The van der Waals surface area contributed by atoms with Gasteiger partial charge in [0.1, 0.15) is 5.54 Å². The van der Waals surface area contributed by atoms with Gasteiger partial charge in [-0.25, -0.2) is 0 Å². The van der Waals surface area contributed by atoms with E-state index in [-0.39, 0.29) is 0 Å². The third-order valence-electron chi connectivity index (χ3n) is 5.67. The monoisotopic (exact) mass is 252 g/mol. The van der Waals surface area contributed by atoms with E-state index in [9.17, 15) is 9.90 Å². The highest BCUT2D eigenvalue weighted by atomic mass is 16.4. The summed E-state index contributed by atoms with van der Waals surface area (Å²) in [4.78, 5) is 16.4. The molecule has 3 rings (SSSR count). The van der Waals surface area contributed by atoms with Crippen LogP contribution in [0.3, 0.4) is 0 Å². The zero-order chi connectivity index (χ0) is 12.9. The van der Waals surface area contributed by atoms with Crippen molar-refractivity contribution in [3.63, 3.8) is 0 Å². The molecule has 3 saturated heterocycles. The molecule has 102 valence electrons. The molecule has 0 radical (unpaired) electrons. The number of hydrogen-bond donors (Lipinski definition) is 1. The first-order chi connectivity index (χ1) is 8.52. The van der Waals surface area contributed by atoms with E-state index in [2.05, 4.69) is 16.8 Å². The molecule has 0 aromatic heterocycles. The molecule has 4 nitrogen and oxygen atoms in total. The highest BCUT2D eigenvalue weighted by Gasteiger charge is 2.49. The van der Waals surface area contributed by atoms with Crippen molar-refractivity contribution in [1.29, 1.82) is 0 Å². The Bertz CT molecular complexity index is 346. The summed E-state index contributed by atoms with van der Waals surface area (Å²) < 4.78 is 0. The van der Waals surface area contributed by atoms with Crippen molar-refractivity contribution >= 4 is 5.97 Å². The van der Waals surface area contributed by atoms with E-state index in [1.54, 1.807) is 0 Å². The van der Waals surface area contributed by atoms with Gasteiger partial charge in [0.05, 0.1) is 0 Å². The molecule has 0 aliphatic carbocycles. The number of rotatable bonds is 2. The van der Waals surface area contributed by atoms with Gasteiger partial charge in [0.15, 0.2) is 0 Å². The lowest BCUT2D eigenvalue weighted by molar-refractivity contribution is -0.150. The van der Waals surface area contributed by atoms with Crippen molar-refractivity contribution in [2.75, 3.05) is 13.6 Å². The van der Waals surface area contributed by atoms with Gasteiger partial charge < -0.3 is 10.0 Å². The second kappa shape index (κ2) is 4.20. The van der Waals surface area contributed by atoms with Crippen LogP contribution in [0.1, 0.15) is 45.4 Å². The minimum atomic E-state index is -0.633. The minimum Gasteiger partial charge on any atom is -0.480 e. The van der Waals surface area contributed by atoms with Crippen LogP contribution in [0.4, 0.5) is 0 Å². The van der Waals surface area contributed by atoms with Crippen LogP contribution >= 0.6 is 0 Å². The molecule has 3 atom stereocenters. The highest BCUT2D eigenvalue weighted by Crippen LogP contribution is 2.41. The highest BCUT2D eigenvalue weighted by molar-refractivity contribution is 5.78. The molecule has 1 N–H and O–H groups in total. The van der Waals surface area contributed by atoms with E-state index in [0.717, 1.165) is 32.2 Å². The average molecular weight is 252 g/mol. The number of fused-ring (bicyclic) bond motifs is 2. The smallest absolute Gasteiger partial charge is 0.323 e. The molecule has 0 spiro atoms. The van der Waals surface area contributed by atoms with E-state index in [4.69, 9.17) is 0 Å². The number of piperidine rings is 1. The van der Waals surface area contributed by atoms with Gasteiger partial charge in [0, 0.05) is 18.1 Å². The fraction of sp³-hybridized carbons (Fsp3) is 0.929. The molecule has 0 amide bonds. The van der Waals surface area contributed by atoms with Gasteiger partial charge in [-0.2, -0.15) is 0 Å². The Morgan fingerprint density at radius 3 is 2.39 bits per heavy atom. The predicted molar refractivity (Wildman–Crippen MR) is 69.6 cm³/mol. The van der Waals surface area contributed by atoms with Crippen molar-refractivity contribution in [2.24, 2.45) is 0 Å². The van der Waals surface area contributed by atoms with Gasteiger partial charge in [-0.1, -0.05) is 0 Å². The summed E-state index contributed by atoms with van der Waals surface area (Å²) in [7, 11) is 2.24. The van der Waals surface area contributed by atoms with Gasteiger partial charge in [-0.15, -0.1) is 0 Å². The molecule has 3 aliphatic heterocycles. The van der Waals surface area contributed by atoms with Crippen LogP contribution in [0.25, 0.3) is 0 Å². The molecular weight excluding hydrogens is 228 g/mol. The first-order valence-corrected chi connectivity index (χ1v) is 7.24. The van der Waals surface area contributed by atoms with Gasteiger partial charge in [0.2, 0.25) is 0 Å². The molecule has 4 heteroatoms. The lowest BCUT2D eigenvalue weighted by atomic mass is 9.91. The van der Waals surface area contributed by atoms with Crippen molar-refractivity contribution in [1.82, 2.24) is 9.80 Å². The molecule has 3 heterocycles. The van der Waals surface area contributed by atoms with Crippen molar-refractivity contribution in [3.8, 4) is 0 Å². The summed E-state index contributed by atoms with van der Waals surface area (Å²) in [6.45, 7) is 2.89. The van der Waals surface area contributed by atoms with Crippen molar-refractivity contribution < 1.29 is 9.90 Å². The fourth-order valence-corrected chi connectivity index (χ4v) is 4.44. The Morgan fingerprint density at radius 2 is 1.83 bits per heavy atom. The third kappa shape index (κ3) is 1.69. The van der Waals surface area contributed by atoms with E-state index in [1.165, 1.54) is 12.8 Å². The Kier molecular flexibility index (Phi) is 2.90. The molecule has 0 aromatic carbocycles. The van der Waals surface area contributed by atoms with E-state index < -0.39 is 11.5 Å². The fourth-order valence-electron chi connectivity index (χ4n) is 4.44. The maximum atomic E-state index is 11.6. The van der Waals surface area contributed by atoms with Gasteiger partial charge in [-0.3, -0.25) is 9.69 Å². The molecule has 0 saturated carbocycles. The molecular formula is C14H24N2O2.